The lowest BCUT2D eigenvalue weighted by Gasteiger charge is -2.31. The maximum absolute atomic E-state index is 14.1. The number of ether oxygens (including phenoxy) is 2. The van der Waals surface area contributed by atoms with Crippen LogP contribution >= 0.6 is 23.1 Å². The topological polar surface area (TPSA) is 94.6 Å². The molecule has 1 atom stereocenters. The van der Waals surface area contributed by atoms with E-state index in [9.17, 15) is 4.79 Å². The third-order valence-electron chi connectivity index (χ3n) is 8.04. The van der Waals surface area contributed by atoms with E-state index in [0.717, 1.165) is 51.4 Å². The first-order valence-corrected chi connectivity index (χ1v) is 15.8. The molecule has 0 amide bonds. The first-order valence-electron chi connectivity index (χ1n) is 14.2. The number of H-pyrrole nitrogens is 1. The van der Waals surface area contributed by atoms with Gasteiger partial charge in [-0.2, -0.15) is 0 Å². The number of thiazole rings is 1. The molecule has 1 N–H and O–H groups in total. The summed E-state index contributed by atoms with van der Waals surface area (Å²) >= 11 is 2.78. The molecule has 0 spiro atoms. The van der Waals surface area contributed by atoms with Crippen LogP contribution in [0.15, 0.2) is 109 Å². The first-order chi connectivity index (χ1) is 21.6. The van der Waals surface area contributed by atoms with Crippen molar-refractivity contribution in [2.24, 2.45) is 4.99 Å². The summed E-state index contributed by atoms with van der Waals surface area (Å²) in [6.07, 6.45) is 3.49. The molecule has 8 nitrogen and oxygen atoms in total. The molecule has 0 bridgehead atoms. The molecule has 4 heterocycles. The Hall–Kier alpha value is -4.80. The highest BCUT2D eigenvalue weighted by atomic mass is 32.2. The standard InChI is InChI=1S/C34H26N4O4S2/c1-40-26-15-12-20(17-27(26)41-2)31-23-14-11-19-7-3-4-8-22(19)30(23)37-34-38(31)32(39)28(43-34)18-21-13-16-29(42-21)44-33-35-24-9-5-6-10-25(24)36-33/h3-10,12-13,15-18,31H,11,14H2,1-2H3,(H,35,36)/b28-18-/t31-/m1/s1. The summed E-state index contributed by atoms with van der Waals surface area (Å²) in [5, 5.41) is 1.42. The summed E-state index contributed by atoms with van der Waals surface area (Å²) in [5.74, 6) is 1.85. The van der Waals surface area contributed by atoms with Gasteiger partial charge in [-0.05, 0) is 77.7 Å². The van der Waals surface area contributed by atoms with E-state index in [4.69, 9.17) is 18.9 Å². The van der Waals surface area contributed by atoms with Crippen LogP contribution in [0, 0.1) is 0 Å². The highest BCUT2D eigenvalue weighted by molar-refractivity contribution is 7.99. The van der Waals surface area contributed by atoms with Crippen LogP contribution < -0.4 is 24.4 Å². The van der Waals surface area contributed by atoms with Crippen LogP contribution in [-0.2, 0) is 6.42 Å². The zero-order valence-electron chi connectivity index (χ0n) is 23.9. The van der Waals surface area contributed by atoms with Crippen LogP contribution in [-0.4, -0.2) is 28.8 Å². The second-order valence-corrected chi connectivity index (χ2v) is 12.5. The number of hydrogen-bond acceptors (Lipinski definition) is 8. The monoisotopic (exact) mass is 618 g/mol. The second kappa shape index (κ2) is 10.7. The van der Waals surface area contributed by atoms with Gasteiger partial charge in [0, 0.05) is 11.6 Å². The van der Waals surface area contributed by atoms with E-state index in [2.05, 4.69) is 28.2 Å². The molecular weight excluding hydrogens is 593 g/mol. The lowest BCUT2D eigenvalue weighted by Crippen LogP contribution is -2.38. The Kier molecular flexibility index (Phi) is 6.53. The molecule has 8 rings (SSSR count). The van der Waals surface area contributed by atoms with Gasteiger partial charge < -0.3 is 18.9 Å². The maximum atomic E-state index is 14.1. The lowest BCUT2D eigenvalue weighted by atomic mass is 9.83. The minimum atomic E-state index is -0.327. The zero-order chi connectivity index (χ0) is 29.8. The second-order valence-electron chi connectivity index (χ2n) is 10.5. The van der Waals surface area contributed by atoms with Crippen molar-refractivity contribution in [3.05, 3.63) is 127 Å². The molecule has 0 saturated heterocycles. The average Bonchev–Trinajstić information content (AvgIpc) is 3.76. The number of fused-ring (bicyclic) bond motifs is 4. The summed E-state index contributed by atoms with van der Waals surface area (Å²) < 4.78 is 19.6. The number of nitrogens with one attached hydrogen (secondary N) is 1. The van der Waals surface area contributed by atoms with Crippen LogP contribution in [0.5, 0.6) is 11.5 Å². The predicted octanol–water partition coefficient (Wildman–Crippen LogP) is 5.96. The van der Waals surface area contributed by atoms with E-state index >= 15 is 0 Å². The largest absolute Gasteiger partial charge is 0.493 e. The van der Waals surface area contributed by atoms with Gasteiger partial charge in [0.1, 0.15) is 5.76 Å². The van der Waals surface area contributed by atoms with E-state index in [1.54, 1.807) is 20.3 Å². The van der Waals surface area contributed by atoms with Gasteiger partial charge in [-0.15, -0.1) is 0 Å². The van der Waals surface area contributed by atoms with Crippen molar-refractivity contribution in [2.45, 2.75) is 29.1 Å². The van der Waals surface area contributed by atoms with Gasteiger partial charge in [0.2, 0.25) is 0 Å². The minimum absolute atomic E-state index is 0.109. The molecule has 1 aliphatic carbocycles. The van der Waals surface area contributed by atoms with Crippen LogP contribution in [0.25, 0.3) is 22.8 Å². The number of hydrogen-bond donors (Lipinski definition) is 1. The number of nitrogens with zero attached hydrogens (tertiary/aromatic N) is 3. The van der Waals surface area contributed by atoms with Crippen molar-refractivity contribution in [3.8, 4) is 11.5 Å². The fourth-order valence-corrected chi connectivity index (χ4v) is 7.76. The molecule has 0 fully saturated rings. The summed E-state index contributed by atoms with van der Waals surface area (Å²) in [5.41, 5.74) is 7.16. The molecule has 0 unspecified atom stereocenters. The summed E-state index contributed by atoms with van der Waals surface area (Å²) in [7, 11) is 3.24. The van der Waals surface area contributed by atoms with Crippen LogP contribution in [0.2, 0.25) is 0 Å². The molecule has 0 saturated carbocycles. The van der Waals surface area contributed by atoms with E-state index in [-0.39, 0.29) is 11.6 Å². The minimum Gasteiger partial charge on any atom is -0.493 e. The summed E-state index contributed by atoms with van der Waals surface area (Å²) in [4.78, 5) is 27.8. The average molecular weight is 619 g/mol. The van der Waals surface area contributed by atoms with Gasteiger partial charge >= 0.3 is 0 Å². The first kappa shape index (κ1) is 26.8. The quantitative estimate of drug-likeness (QED) is 0.248. The van der Waals surface area contributed by atoms with Gasteiger partial charge in [0.25, 0.3) is 5.56 Å². The van der Waals surface area contributed by atoms with Crippen molar-refractivity contribution in [1.82, 2.24) is 14.5 Å². The van der Waals surface area contributed by atoms with Crippen LogP contribution in [0.4, 0.5) is 0 Å². The summed E-state index contributed by atoms with van der Waals surface area (Å²) in [6.45, 7) is 0. The number of aryl methyl sites for hydroxylation is 1. The third kappa shape index (κ3) is 4.49. The third-order valence-corrected chi connectivity index (χ3v) is 9.83. The highest BCUT2D eigenvalue weighted by Gasteiger charge is 2.33. The molecule has 218 valence electrons. The number of methoxy groups -OCH3 is 2. The van der Waals surface area contributed by atoms with Crippen molar-refractivity contribution >= 4 is 45.9 Å². The Labute approximate surface area is 260 Å². The van der Waals surface area contributed by atoms with Gasteiger partial charge in [0.15, 0.2) is 26.5 Å². The molecule has 0 radical (unpaired) electrons. The zero-order valence-corrected chi connectivity index (χ0v) is 25.5. The van der Waals surface area contributed by atoms with Crippen molar-refractivity contribution in [1.29, 1.82) is 0 Å². The molecule has 1 aliphatic heterocycles. The number of benzene rings is 3. The van der Waals surface area contributed by atoms with E-state index < -0.39 is 0 Å². The van der Waals surface area contributed by atoms with Gasteiger partial charge in [0.05, 0.1) is 41.5 Å². The van der Waals surface area contributed by atoms with Crippen LogP contribution in [0.1, 0.15) is 34.9 Å². The fourth-order valence-electron chi connectivity index (χ4n) is 6.01. The van der Waals surface area contributed by atoms with Gasteiger partial charge in [-0.25, -0.2) is 9.98 Å². The SMILES string of the molecule is COc1ccc([C@@H]2C3=C(N=c4s/c(=C\c5ccc(Sc6nc7ccccc7[nH]6)o5)c(=O)n42)c2ccccc2CC3)cc1OC. The number of furan rings is 1. The Morgan fingerprint density at radius 1 is 1.00 bits per heavy atom. The number of para-hydroxylation sites is 2. The number of aromatic amines is 1. The Bertz CT molecular complexity index is 2260. The number of allylic oxidation sites excluding steroid dienone is 1. The van der Waals surface area contributed by atoms with Gasteiger partial charge in [-0.1, -0.05) is 53.8 Å². The molecule has 10 heteroatoms. The normalized spacial score (nSPS) is 16.0. The molecule has 3 aromatic carbocycles. The Morgan fingerprint density at radius 2 is 1.84 bits per heavy atom. The number of rotatable bonds is 6. The fraction of sp³-hybridized carbons (Fsp3) is 0.147. The van der Waals surface area contributed by atoms with Crippen molar-refractivity contribution in [3.63, 3.8) is 0 Å². The highest BCUT2D eigenvalue weighted by Crippen LogP contribution is 2.42. The number of imidazole rings is 1. The van der Waals surface area contributed by atoms with Crippen molar-refractivity contribution < 1.29 is 13.9 Å². The maximum Gasteiger partial charge on any atom is 0.271 e. The molecule has 6 aromatic rings. The molecular formula is C34H26N4O4S2. The Morgan fingerprint density at radius 3 is 2.70 bits per heavy atom. The van der Waals surface area contributed by atoms with E-state index in [0.29, 0.717) is 31.7 Å². The number of aromatic nitrogens is 3. The predicted molar refractivity (Wildman–Crippen MR) is 171 cm³/mol. The Balaban J connectivity index is 1.23. The molecule has 44 heavy (non-hydrogen) atoms. The van der Waals surface area contributed by atoms with E-state index in [1.165, 1.54) is 28.7 Å². The van der Waals surface area contributed by atoms with Crippen LogP contribution in [0.3, 0.4) is 0 Å². The van der Waals surface area contributed by atoms with E-state index in [1.807, 2.05) is 65.2 Å². The molecule has 3 aromatic heterocycles. The smallest absolute Gasteiger partial charge is 0.271 e. The molecule has 2 aliphatic rings. The van der Waals surface area contributed by atoms with Gasteiger partial charge in [-0.3, -0.25) is 9.36 Å². The lowest BCUT2D eigenvalue weighted by molar-refractivity contribution is 0.354. The van der Waals surface area contributed by atoms with Crippen molar-refractivity contribution in [2.75, 3.05) is 14.2 Å². The summed E-state index contributed by atoms with van der Waals surface area (Å²) in [6, 6.07) is 25.6.